The Morgan fingerprint density at radius 2 is 1.93 bits per heavy atom. The van der Waals surface area contributed by atoms with Crippen molar-refractivity contribution in [2.75, 3.05) is 0 Å². The van der Waals surface area contributed by atoms with E-state index in [1.54, 1.807) is 12.1 Å². The topological polar surface area (TPSA) is 92.8 Å². The molecule has 0 saturated heterocycles. The Labute approximate surface area is 88.1 Å². The molecule has 0 amide bonds. The van der Waals surface area contributed by atoms with E-state index in [1.165, 1.54) is 12.1 Å². The monoisotopic (exact) mass is 231 g/mol. The zero-order valence-corrected chi connectivity index (χ0v) is 9.22. The molecule has 0 aliphatic heterocycles. The Morgan fingerprint density at radius 3 is 2.33 bits per heavy atom. The van der Waals surface area contributed by atoms with Gasteiger partial charge in [-0.3, -0.25) is 9.79 Å². The smallest absolute Gasteiger partial charge is 0.404 e. The molecule has 0 radical (unpaired) electrons. The molecule has 0 fully saturated rings. The van der Waals surface area contributed by atoms with Crippen molar-refractivity contribution < 1.29 is 18.9 Å². The van der Waals surface area contributed by atoms with E-state index in [0.29, 0.717) is 0 Å². The zero-order valence-electron chi connectivity index (χ0n) is 8.33. The van der Waals surface area contributed by atoms with Crippen LogP contribution in [-0.4, -0.2) is 15.8 Å². The van der Waals surface area contributed by atoms with Crippen LogP contribution < -0.4 is 10.3 Å². The summed E-state index contributed by atoms with van der Waals surface area (Å²) in [5.74, 6) is 0.150. The molecule has 15 heavy (non-hydrogen) atoms. The second-order valence-electron chi connectivity index (χ2n) is 3.41. The van der Waals surface area contributed by atoms with Crippen molar-refractivity contribution in [2.24, 2.45) is 5.73 Å². The van der Waals surface area contributed by atoms with E-state index in [1.807, 2.05) is 6.92 Å². The number of hydrogen-bond acceptors (Lipinski definition) is 3. The van der Waals surface area contributed by atoms with Crippen LogP contribution >= 0.6 is 7.82 Å². The molecular formula is C9H14NO4P. The van der Waals surface area contributed by atoms with E-state index in [0.717, 1.165) is 12.0 Å². The Morgan fingerprint density at radius 1 is 1.40 bits per heavy atom. The molecule has 1 aromatic rings. The predicted octanol–water partition coefficient (Wildman–Crippen LogP) is 1.05. The number of phosphoric acid groups is 1. The van der Waals surface area contributed by atoms with Crippen LogP contribution in [0, 0.1) is 0 Å². The minimum atomic E-state index is -4.45. The number of hydrogen-bond donors (Lipinski definition) is 3. The van der Waals surface area contributed by atoms with Crippen molar-refractivity contribution in [1.29, 1.82) is 0 Å². The van der Waals surface area contributed by atoms with Gasteiger partial charge in [-0.25, -0.2) is 4.57 Å². The van der Waals surface area contributed by atoms with Crippen LogP contribution in [0.25, 0.3) is 0 Å². The maximum atomic E-state index is 10.5. The highest BCUT2D eigenvalue weighted by Crippen LogP contribution is 2.37. The quantitative estimate of drug-likeness (QED) is 0.673. The summed E-state index contributed by atoms with van der Waals surface area (Å²) in [6, 6.07) is 6.54. The molecule has 4 N–H and O–H groups in total. The third kappa shape index (κ3) is 4.95. The number of benzene rings is 1. The second-order valence-corrected chi connectivity index (χ2v) is 4.57. The van der Waals surface area contributed by atoms with E-state index in [9.17, 15) is 4.57 Å². The summed E-state index contributed by atoms with van der Waals surface area (Å²) in [7, 11) is -4.45. The number of nitrogens with two attached hydrogens (primary N) is 1. The summed E-state index contributed by atoms with van der Waals surface area (Å²) in [6.07, 6.45) is 0.718. The van der Waals surface area contributed by atoms with Crippen LogP contribution in [0.3, 0.4) is 0 Å². The Hall–Kier alpha value is -0.870. The van der Waals surface area contributed by atoms with Gasteiger partial charge in [-0.2, -0.15) is 0 Å². The van der Waals surface area contributed by atoms with E-state index in [-0.39, 0.29) is 11.8 Å². The largest absolute Gasteiger partial charge is 0.524 e. The van der Waals surface area contributed by atoms with Crippen molar-refractivity contribution in [3.63, 3.8) is 0 Å². The number of rotatable bonds is 4. The van der Waals surface area contributed by atoms with Crippen molar-refractivity contribution >= 4 is 7.82 Å². The van der Waals surface area contributed by atoms with Crippen LogP contribution in [-0.2, 0) is 11.0 Å². The fourth-order valence-corrected chi connectivity index (χ4v) is 1.59. The van der Waals surface area contributed by atoms with Gasteiger partial charge in [-0.15, -0.1) is 0 Å². The van der Waals surface area contributed by atoms with Crippen molar-refractivity contribution in [3.8, 4) is 5.75 Å². The van der Waals surface area contributed by atoms with Crippen LogP contribution in [0.15, 0.2) is 24.3 Å². The van der Waals surface area contributed by atoms with Crippen LogP contribution in [0.5, 0.6) is 5.75 Å². The lowest BCUT2D eigenvalue weighted by molar-refractivity contribution is 0.283. The van der Waals surface area contributed by atoms with Gasteiger partial charge in [0.15, 0.2) is 0 Å². The highest BCUT2D eigenvalue weighted by molar-refractivity contribution is 7.46. The van der Waals surface area contributed by atoms with E-state index in [4.69, 9.17) is 15.5 Å². The lowest BCUT2D eigenvalue weighted by atomic mass is 10.1. The van der Waals surface area contributed by atoms with Crippen LogP contribution in [0.4, 0.5) is 0 Å². The Balaban J connectivity index is 2.68. The molecule has 84 valence electrons. The van der Waals surface area contributed by atoms with Gasteiger partial charge in [-0.05, 0) is 31.0 Å². The highest BCUT2D eigenvalue weighted by Gasteiger charge is 2.15. The van der Waals surface area contributed by atoms with Gasteiger partial charge >= 0.3 is 7.82 Å². The normalized spacial score (nSPS) is 13.6. The first-order valence-corrected chi connectivity index (χ1v) is 5.99. The van der Waals surface area contributed by atoms with Gasteiger partial charge in [-0.1, -0.05) is 12.1 Å². The zero-order chi connectivity index (χ0) is 11.5. The first-order chi connectivity index (χ1) is 6.87. The molecule has 0 saturated carbocycles. The second kappa shape index (κ2) is 4.77. The minimum absolute atomic E-state index is 0.0542. The summed E-state index contributed by atoms with van der Waals surface area (Å²) in [5.41, 5.74) is 6.61. The molecule has 1 atom stereocenters. The van der Waals surface area contributed by atoms with Crippen molar-refractivity contribution in [1.82, 2.24) is 0 Å². The van der Waals surface area contributed by atoms with Gasteiger partial charge in [0.05, 0.1) is 0 Å². The summed E-state index contributed by atoms with van der Waals surface area (Å²) in [4.78, 5) is 17.1. The standard InChI is InChI=1S/C9H14NO4P/c1-7(10)6-8-2-4-9(5-3-8)14-15(11,12)13/h2-5,7H,6,10H2,1H3,(H2,11,12,13). The molecule has 0 aromatic heterocycles. The molecule has 1 rings (SSSR count). The van der Waals surface area contributed by atoms with E-state index >= 15 is 0 Å². The summed E-state index contributed by atoms with van der Waals surface area (Å²) >= 11 is 0. The van der Waals surface area contributed by atoms with E-state index < -0.39 is 7.82 Å². The lowest BCUT2D eigenvalue weighted by Crippen LogP contribution is -2.17. The number of phosphoric ester groups is 1. The third-order valence-corrected chi connectivity index (χ3v) is 2.15. The molecule has 1 aromatic carbocycles. The Bertz CT molecular complexity index is 357. The van der Waals surface area contributed by atoms with Crippen molar-refractivity contribution in [3.05, 3.63) is 29.8 Å². The summed E-state index contributed by atoms with van der Waals surface area (Å²) in [5, 5.41) is 0. The van der Waals surface area contributed by atoms with Gasteiger partial charge in [0.25, 0.3) is 0 Å². The molecule has 0 spiro atoms. The van der Waals surface area contributed by atoms with Crippen molar-refractivity contribution in [2.45, 2.75) is 19.4 Å². The van der Waals surface area contributed by atoms with E-state index in [2.05, 4.69) is 4.52 Å². The molecule has 0 bridgehead atoms. The lowest BCUT2D eigenvalue weighted by Gasteiger charge is -2.08. The molecule has 0 heterocycles. The average Bonchev–Trinajstić information content (AvgIpc) is 2.05. The molecule has 0 aliphatic rings. The fourth-order valence-electron chi connectivity index (χ4n) is 1.20. The SMILES string of the molecule is CC(N)Cc1ccc(OP(=O)(O)O)cc1. The summed E-state index contributed by atoms with van der Waals surface area (Å²) < 4.78 is 14.9. The average molecular weight is 231 g/mol. The Kier molecular flexibility index (Phi) is 3.88. The van der Waals surface area contributed by atoms with Gasteiger partial charge in [0.2, 0.25) is 0 Å². The van der Waals surface area contributed by atoms with Gasteiger partial charge in [0.1, 0.15) is 5.75 Å². The maximum Gasteiger partial charge on any atom is 0.524 e. The minimum Gasteiger partial charge on any atom is -0.404 e. The molecule has 0 aliphatic carbocycles. The predicted molar refractivity (Wildman–Crippen MR) is 56.5 cm³/mol. The molecular weight excluding hydrogens is 217 g/mol. The molecule has 5 nitrogen and oxygen atoms in total. The molecule has 6 heteroatoms. The maximum absolute atomic E-state index is 10.5. The van der Waals surface area contributed by atoms with Crippen LogP contribution in [0.1, 0.15) is 12.5 Å². The highest BCUT2D eigenvalue weighted by atomic mass is 31.2. The third-order valence-electron chi connectivity index (χ3n) is 1.71. The summed E-state index contributed by atoms with van der Waals surface area (Å²) in [6.45, 7) is 1.89. The molecule has 1 unspecified atom stereocenters. The first-order valence-electron chi connectivity index (χ1n) is 4.46. The van der Waals surface area contributed by atoms with Gasteiger partial charge < -0.3 is 10.3 Å². The van der Waals surface area contributed by atoms with Gasteiger partial charge in [0, 0.05) is 6.04 Å². The van der Waals surface area contributed by atoms with Crippen LogP contribution in [0.2, 0.25) is 0 Å². The first kappa shape index (κ1) is 12.2. The fraction of sp³-hybridized carbons (Fsp3) is 0.333.